The summed E-state index contributed by atoms with van der Waals surface area (Å²) >= 11 is 0. The van der Waals surface area contributed by atoms with E-state index in [0.717, 1.165) is 28.1 Å². The summed E-state index contributed by atoms with van der Waals surface area (Å²) in [6.07, 6.45) is 0. The van der Waals surface area contributed by atoms with E-state index >= 15 is 0 Å². The maximum Gasteiger partial charge on any atom is 0.126 e. The van der Waals surface area contributed by atoms with Crippen LogP contribution in [0.15, 0.2) is 42.5 Å². The molecule has 0 fully saturated rings. The van der Waals surface area contributed by atoms with Gasteiger partial charge in [0.1, 0.15) is 5.75 Å². The van der Waals surface area contributed by atoms with Crippen LogP contribution in [0.4, 0.5) is 5.69 Å². The molecule has 2 aromatic rings. The molecule has 0 aliphatic carbocycles. The Hall–Kier alpha value is -2.00. The quantitative estimate of drug-likeness (QED) is 0.924. The van der Waals surface area contributed by atoms with Crippen molar-refractivity contribution in [2.45, 2.75) is 13.0 Å². The Kier molecular flexibility index (Phi) is 4.30. The molecule has 0 saturated carbocycles. The fourth-order valence-electron chi connectivity index (χ4n) is 2.19. The second-order valence-corrected chi connectivity index (χ2v) is 5.19. The number of benzene rings is 2. The maximum absolute atomic E-state index is 5.98. The van der Waals surface area contributed by atoms with Crippen molar-refractivity contribution in [2.24, 2.45) is 5.73 Å². The monoisotopic (exact) mass is 270 g/mol. The molecule has 106 valence electrons. The molecule has 0 heterocycles. The number of nitrogens with zero attached hydrogens (tertiary/aromatic N) is 1. The van der Waals surface area contributed by atoms with E-state index < -0.39 is 0 Å². The predicted octanol–water partition coefficient (Wildman–Crippen LogP) is 3.45. The Morgan fingerprint density at radius 1 is 1.10 bits per heavy atom. The number of methoxy groups -OCH3 is 1. The summed E-state index contributed by atoms with van der Waals surface area (Å²) in [5.74, 6) is 0.866. The number of hydrogen-bond acceptors (Lipinski definition) is 3. The third kappa shape index (κ3) is 2.94. The summed E-state index contributed by atoms with van der Waals surface area (Å²) in [6.45, 7) is 1.99. The van der Waals surface area contributed by atoms with Crippen LogP contribution in [0.3, 0.4) is 0 Å². The van der Waals surface area contributed by atoms with Gasteiger partial charge in [-0.15, -0.1) is 0 Å². The molecule has 0 aliphatic rings. The highest BCUT2D eigenvalue weighted by molar-refractivity contribution is 5.74. The lowest BCUT2D eigenvalue weighted by atomic mass is 9.99. The van der Waals surface area contributed by atoms with Crippen molar-refractivity contribution in [3.8, 4) is 16.9 Å². The summed E-state index contributed by atoms with van der Waals surface area (Å²) in [4.78, 5) is 2.09. The van der Waals surface area contributed by atoms with E-state index in [1.165, 1.54) is 0 Å². The van der Waals surface area contributed by atoms with E-state index in [2.05, 4.69) is 35.2 Å². The topological polar surface area (TPSA) is 38.5 Å². The largest absolute Gasteiger partial charge is 0.496 e. The van der Waals surface area contributed by atoms with Crippen LogP contribution in [0.2, 0.25) is 0 Å². The second-order valence-electron chi connectivity index (χ2n) is 5.19. The molecule has 0 aliphatic heterocycles. The highest BCUT2D eigenvalue weighted by atomic mass is 16.5. The maximum atomic E-state index is 5.98. The number of ether oxygens (including phenoxy) is 1. The van der Waals surface area contributed by atoms with Gasteiger partial charge in [-0.05, 0) is 42.3 Å². The molecule has 1 atom stereocenters. The van der Waals surface area contributed by atoms with E-state index in [9.17, 15) is 0 Å². The van der Waals surface area contributed by atoms with Gasteiger partial charge < -0.3 is 15.4 Å². The summed E-state index contributed by atoms with van der Waals surface area (Å²) < 4.78 is 5.48. The van der Waals surface area contributed by atoms with Crippen molar-refractivity contribution in [1.82, 2.24) is 0 Å². The first-order chi connectivity index (χ1) is 9.52. The minimum atomic E-state index is 0.0108. The molecule has 20 heavy (non-hydrogen) atoms. The Morgan fingerprint density at radius 3 is 2.45 bits per heavy atom. The van der Waals surface area contributed by atoms with E-state index in [-0.39, 0.29) is 6.04 Å². The van der Waals surface area contributed by atoms with Crippen LogP contribution in [-0.4, -0.2) is 21.2 Å². The molecule has 0 aromatic heterocycles. The highest BCUT2D eigenvalue weighted by Crippen LogP contribution is 2.33. The Morgan fingerprint density at radius 2 is 1.85 bits per heavy atom. The first-order valence-electron chi connectivity index (χ1n) is 6.74. The fraction of sp³-hybridized carbons (Fsp3) is 0.294. The minimum Gasteiger partial charge on any atom is -0.496 e. The molecule has 0 saturated heterocycles. The van der Waals surface area contributed by atoms with Crippen molar-refractivity contribution in [2.75, 3.05) is 26.1 Å². The molecule has 2 rings (SSSR count). The summed E-state index contributed by atoms with van der Waals surface area (Å²) in [5, 5.41) is 0. The smallest absolute Gasteiger partial charge is 0.126 e. The molecule has 0 radical (unpaired) electrons. The second kappa shape index (κ2) is 5.97. The van der Waals surface area contributed by atoms with Crippen LogP contribution < -0.4 is 15.4 Å². The first kappa shape index (κ1) is 14.4. The SMILES string of the molecule is COc1ccc(C(C)N)cc1-c1cccc(N(C)C)c1. The molecule has 3 heteroatoms. The lowest BCUT2D eigenvalue weighted by Crippen LogP contribution is -2.08. The van der Waals surface area contributed by atoms with E-state index in [1.807, 2.05) is 33.2 Å². The van der Waals surface area contributed by atoms with Gasteiger partial charge in [0.25, 0.3) is 0 Å². The third-order valence-corrected chi connectivity index (χ3v) is 3.42. The molecule has 0 amide bonds. The Labute approximate surface area is 121 Å². The van der Waals surface area contributed by atoms with Gasteiger partial charge in [-0.2, -0.15) is 0 Å². The van der Waals surface area contributed by atoms with Gasteiger partial charge in [0.15, 0.2) is 0 Å². The highest BCUT2D eigenvalue weighted by Gasteiger charge is 2.10. The average molecular weight is 270 g/mol. The first-order valence-corrected chi connectivity index (χ1v) is 6.74. The molecular formula is C17H22N2O. The van der Waals surface area contributed by atoms with Crippen LogP contribution in [0.25, 0.3) is 11.1 Å². The molecule has 1 unspecified atom stereocenters. The Balaban J connectivity index is 2.55. The minimum absolute atomic E-state index is 0.0108. The molecule has 2 aromatic carbocycles. The number of nitrogens with two attached hydrogens (primary N) is 1. The molecule has 0 bridgehead atoms. The van der Waals surface area contributed by atoms with Crippen LogP contribution in [0.1, 0.15) is 18.5 Å². The van der Waals surface area contributed by atoms with Gasteiger partial charge in [0.2, 0.25) is 0 Å². The van der Waals surface area contributed by atoms with Gasteiger partial charge in [-0.25, -0.2) is 0 Å². The lowest BCUT2D eigenvalue weighted by molar-refractivity contribution is 0.416. The van der Waals surface area contributed by atoms with E-state index in [0.29, 0.717) is 0 Å². The number of anilines is 1. The summed E-state index contributed by atoms with van der Waals surface area (Å²) in [7, 11) is 5.77. The summed E-state index contributed by atoms with van der Waals surface area (Å²) in [5.41, 5.74) is 10.5. The predicted molar refractivity (Wildman–Crippen MR) is 85.4 cm³/mol. The van der Waals surface area contributed by atoms with E-state index in [1.54, 1.807) is 7.11 Å². The van der Waals surface area contributed by atoms with Gasteiger partial charge in [0.05, 0.1) is 7.11 Å². The molecule has 3 nitrogen and oxygen atoms in total. The number of rotatable bonds is 4. The number of hydrogen-bond donors (Lipinski definition) is 1. The van der Waals surface area contributed by atoms with Crippen LogP contribution >= 0.6 is 0 Å². The normalized spacial score (nSPS) is 12.1. The van der Waals surface area contributed by atoms with Crippen molar-refractivity contribution < 1.29 is 4.74 Å². The third-order valence-electron chi connectivity index (χ3n) is 3.42. The van der Waals surface area contributed by atoms with Crippen LogP contribution in [-0.2, 0) is 0 Å². The fourth-order valence-corrected chi connectivity index (χ4v) is 2.19. The van der Waals surface area contributed by atoms with Crippen molar-refractivity contribution in [1.29, 1.82) is 0 Å². The zero-order chi connectivity index (χ0) is 14.7. The average Bonchev–Trinajstić information content (AvgIpc) is 2.46. The van der Waals surface area contributed by atoms with Gasteiger partial charge in [-0.1, -0.05) is 18.2 Å². The van der Waals surface area contributed by atoms with Gasteiger partial charge >= 0.3 is 0 Å². The van der Waals surface area contributed by atoms with Crippen LogP contribution in [0, 0.1) is 0 Å². The van der Waals surface area contributed by atoms with Crippen molar-refractivity contribution in [3.63, 3.8) is 0 Å². The van der Waals surface area contributed by atoms with E-state index in [4.69, 9.17) is 10.5 Å². The zero-order valence-corrected chi connectivity index (χ0v) is 12.6. The van der Waals surface area contributed by atoms with Gasteiger partial charge in [-0.3, -0.25) is 0 Å². The lowest BCUT2D eigenvalue weighted by Gasteiger charge is -2.16. The molecule has 2 N–H and O–H groups in total. The van der Waals surface area contributed by atoms with Crippen molar-refractivity contribution >= 4 is 5.69 Å². The summed E-state index contributed by atoms with van der Waals surface area (Å²) in [6, 6.07) is 14.5. The van der Waals surface area contributed by atoms with Crippen LogP contribution in [0.5, 0.6) is 5.75 Å². The molecule has 0 spiro atoms. The standard InChI is InChI=1S/C17H22N2O/c1-12(18)13-8-9-17(20-4)16(11-13)14-6-5-7-15(10-14)19(2)3/h5-12H,18H2,1-4H3. The van der Waals surface area contributed by atoms with Crippen molar-refractivity contribution in [3.05, 3.63) is 48.0 Å². The molecular weight excluding hydrogens is 248 g/mol. The zero-order valence-electron chi connectivity index (χ0n) is 12.6. The van der Waals surface area contributed by atoms with Gasteiger partial charge in [0, 0.05) is 31.4 Å². The Bertz CT molecular complexity index is 591.